The summed E-state index contributed by atoms with van der Waals surface area (Å²) in [6.45, 7) is 5.59. The highest BCUT2D eigenvalue weighted by Gasteiger charge is 2.43. The van der Waals surface area contributed by atoms with Gasteiger partial charge in [-0.25, -0.2) is 4.79 Å². The molecule has 1 aromatic carbocycles. The number of benzene rings is 1. The minimum Gasteiger partial charge on any atom is -0.444 e. The standard InChI is InChI=1S/C19H26F3N3O6/c1-18(2,3)31-17(27)24-8-7-23(10-13(24)11-30-4)15-6-5-12(25(28)29)9-14(15)16(26)19(20,21)22/h5-6,9,13,16,26H,7-8,10-11H2,1-4H3/t13?,16-/m0/s1. The molecule has 1 fully saturated rings. The SMILES string of the molecule is COCC1CN(c2ccc([N+](=O)[O-])cc2[C@H](O)C(F)(F)F)CCN1C(=O)OC(C)(C)C. The maximum absolute atomic E-state index is 13.2. The number of alkyl halides is 3. The molecule has 2 rings (SSSR count). The second kappa shape index (κ2) is 9.27. The van der Waals surface area contributed by atoms with Crippen LogP contribution in [0.2, 0.25) is 0 Å². The van der Waals surface area contributed by atoms with Crippen LogP contribution in [0.1, 0.15) is 32.4 Å². The summed E-state index contributed by atoms with van der Waals surface area (Å²) in [4.78, 5) is 25.7. The van der Waals surface area contributed by atoms with Crippen LogP contribution >= 0.6 is 0 Å². The first kappa shape index (κ1) is 24.7. The first-order valence-corrected chi connectivity index (χ1v) is 9.51. The van der Waals surface area contributed by atoms with E-state index >= 15 is 0 Å². The van der Waals surface area contributed by atoms with Crippen LogP contribution in [0, 0.1) is 10.1 Å². The van der Waals surface area contributed by atoms with E-state index in [2.05, 4.69) is 0 Å². The van der Waals surface area contributed by atoms with Crippen LogP contribution in [0.5, 0.6) is 0 Å². The predicted octanol–water partition coefficient (Wildman–Crippen LogP) is 3.26. The highest BCUT2D eigenvalue weighted by molar-refractivity contribution is 5.69. The molecule has 1 aliphatic heterocycles. The normalized spacial score (nSPS) is 18.6. The Hall–Kier alpha value is -2.60. The highest BCUT2D eigenvalue weighted by atomic mass is 19.4. The molecule has 0 aliphatic carbocycles. The summed E-state index contributed by atoms with van der Waals surface area (Å²) in [5.41, 5.74) is -1.92. The van der Waals surface area contributed by atoms with Crippen molar-refractivity contribution in [3.63, 3.8) is 0 Å². The van der Waals surface area contributed by atoms with Gasteiger partial charge in [-0.1, -0.05) is 0 Å². The van der Waals surface area contributed by atoms with E-state index < -0.39 is 46.2 Å². The lowest BCUT2D eigenvalue weighted by molar-refractivity contribution is -0.385. The van der Waals surface area contributed by atoms with Crippen LogP contribution < -0.4 is 4.90 Å². The number of methoxy groups -OCH3 is 1. The minimum absolute atomic E-state index is 0.000340. The summed E-state index contributed by atoms with van der Waals surface area (Å²) < 4.78 is 50.2. The van der Waals surface area contributed by atoms with Crippen molar-refractivity contribution in [3.05, 3.63) is 33.9 Å². The van der Waals surface area contributed by atoms with Gasteiger partial charge in [0, 0.05) is 50.1 Å². The summed E-state index contributed by atoms with van der Waals surface area (Å²) in [6.07, 6.45) is -8.48. The van der Waals surface area contributed by atoms with Gasteiger partial charge in [0.25, 0.3) is 5.69 Å². The maximum Gasteiger partial charge on any atom is 0.418 e. The average Bonchev–Trinajstić information content (AvgIpc) is 2.65. The molecule has 0 spiro atoms. The Kier molecular flexibility index (Phi) is 7.37. The van der Waals surface area contributed by atoms with Crippen molar-refractivity contribution < 1.29 is 37.5 Å². The molecule has 0 bridgehead atoms. The van der Waals surface area contributed by atoms with Crippen molar-refractivity contribution in [2.24, 2.45) is 0 Å². The quantitative estimate of drug-likeness (QED) is 0.543. The van der Waals surface area contributed by atoms with Crippen molar-refractivity contribution in [2.75, 3.05) is 38.3 Å². The lowest BCUT2D eigenvalue weighted by atomic mass is 10.0. The predicted molar refractivity (Wildman–Crippen MR) is 105 cm³/mol. The van der Waals surface area contributed by atoms with Crippen LogP contribution in [-0.2, 0) is 9.47 Å². The molecule has 9 nitrogen and oxygen atoms in total. The third-order valence-corrected chi connectivity index (χ3v) is 4.64. The number of nitro benzene ring substituents is 1. The number of hydrogen-bond donors (Lipinski definition) is 1. The molecule has 1 unspecified atom stereocenters. The fourth-order valence-corrected chi connectivity index (χ4v) is 3.31. The molecule has 1 aliphatic rings. The largest absolute Gasteiger partial charge is 0.444 e. The molecule has 2 atom stereocenters. The summed E-state index contributed by atoms with van der Waals surface area (Å²) in [5, 5.41) is 20.9. The molecule has 1 amide bonds. The topological polar surface area (TPSA) is 105 Å². The van der Waals surface area contributed by atoms with Crippen LogP contribution in [0.4, 0.5) is 29.3 Å². The molecule has 12 heteroatoms. The van der Waals surface area contributed by atoms with Crippen molar-refractivity contribution in [1.82, 2.24) is 4.90 Å². The van der Waals surface area contributed by atoms with Gasteiger partial charge in [-0.05, 0) is 26.8 Å². The van der Waals surface area contributed by atoms with E-state index in [9.17, 15) is 33.2 Å². The third kappa shape index (κ3) is 6.20. The number of aliphatic hydroxyl groups excluding tert-OH is 1. The summed E-state index contributed by atoms with van der Waals surface area (Å²) in [5.74, 6) is 0. The first-order valence-electron chi connectivity index (χ1n) is 9.51. The van der Waals surface area contributed by atoms with E-state index in [1.807, 2.05) is 0 Å². The number of nitro groups is 1. The Labute approximate surface area is 177 Å². The maximum atomic E-state index is 13.2. The molecule has 1 aromatic rings. The zero-order valence-electron chi connectivity index (χ0n) is 17.7. The van der Waals surface area contributed by atoms with Crippen LogP contribution in [0.15, 0.2) is 18.2 Å². The molecule has 31 heavy (non-hydrogen) atoms. The first-order chi connectivity index (χ1) is 14.2. The van der Waals surface area contributed by atoms with E-state index in [1.165, 1.54) is 18.1 Å². The number of nitrogens with zero attached hydrogens (tertiary/aromatic N) is 3. The van der Waals surface area contributed by atoms with Crippen LogP contribution in [0.3, 0.4) is 0 Å². The number of anilines is 1. The van der Waals surface area contributed by atoms with E-state index in [0.29, 0.717) is 0 Å². The lowest BCUT2D eigenvalue weighted by Crippen LogP contribution is -2.58. The number of rotatable bonds is 5. The van der Waals surface area contributed by atoms with Gasteiger partial charge in [0.05, 0.1) is 17.6 Å². The lowest BCUT2D eigenvalue weighted by Gasteiger charge is -2.43. The zero-order chi connectivity index (χ0) is 23.6. The monoisotopic (exact) mass is 449 g/mol. The Balaban J connectivity index is 2.36. The molecule has 0 radical (unpaired) electrons. The van der Waals surface area contributed by atoms with Crippen molar-refractivity contribution >= 4 is 17.5 Å². The highest BCUT2D eigenvalue weighted by Crippen LogP contribution is 2.39. The molecular weight excluding hydrogens is 423 g/mol. The van der Waals surface area contributed by atoms with Gasteiger partial charge >= 0.3 is 12.3 Å². The van der Waals surface area contributed by atoms with Gasteiger partial charge in [0.1, 0.15) is 5.60 Å². The molecule has 0 aromatic heterocycles. The van der Waals surface area contributed by atoms with Gasteiger partial charge in [-0.15, -0.1) is 0 Å². The van der Waals surface area contributed by atoms with Gasteiger partial charge in [0.15, 0.2) is 6.10 Å². The number of halogens is 3. The molecule has 1 heterocycles. The van der Waals surface area contributed by atoms with Crippen molar-refractivity contribution in [2.45, 2.75) is 44.7 Å². The summed E-state index contributed by atoms with van der Waals surface area (Å²) >= 11 is 0. The Morgan fingerprint density at radius 1 is 1.32 bits per heavy atom. The summed E-state index contributed by atoms with van der Waals surface area (Å²) in [7, 11) is 1.43. The fraction of sp³-hybridized carbons (Fsp3) is 0.632. The average molecular weight is 449 g/mol. The number of amides is 1. The second-order valence-electron chi connectivity index (χ2n) is 8.17. The molecular formula is C19H26F3N3O6. The zero-order valence-corrected chi connectivity index (χ0v) is 17.7. The molecule has 1 saturated heterocycles. The number of non-ortho nitro benzene ring substituents is 1. The number of ether oxygens (including phenoxy) is 2. The number of carbonyl (C=O) groups is 1. The Morgan fingerprint density at radius 3 is 2.48 bits per heavy atom. The van der Waals surface area contributed by atoms with Crippen LogP contribution in [-0.4, -0.2) is 72.2 Å². The molecule has 1 N–H and O–H groups in total. The number of hydrogen-bond acceptors (Lipinski definition) is 7. The molecule has 0 saturated carbocycles. The fourth-order valence-electron chi connectivity index (χ4n) is 3.31. The minimum atomic E-state index is -5.01. The second-order valence-corrected chi connectivity index (χ2v) is 8.17. The van der Waals surface area contributed by atoms with E-state index in [-0.39, 0.29) is 31.9 Å². The van der Waals surface area contributed by atoms with Crippen molar-refractivity contribution in [3.8, 4) is 0 Å². The summed E-state index contributed by atoms with van der Waals surface area (Å²) in [6, 6.07) is 2.43. The van der Waals surface area contributed by atoms with Crippen molar-refractivity contribution in [1.29, 1.82) is 0 Å². The van der Waals surface area contributed by atoms with Gasteiger partial charge in [0.2, 0.25) is 0 Å². The van der Waals surface area contributed by atoms with Gasteiger partial charge < -0.3 is 19.5 Å². The van der Waals surface area contributed by atoms with E-state index in [1.54, 1.807) is 25.7 Å². The Bertz CT molecular complexity index is 812. The van der Waals surface area contributed by atoms with E-state index in [4.69, 9.17) is 9.47 Å². The van der Waals surface area contributed by atoms with Gasteiger partial charge in [-0.2, -0.15) is 13.2 Å². The van der Waals surface area contributed by atoms with Crippen LogP contribution in [0.25, 0.3) is 0 Å². The van der Waals surface area contributed by atoms with E-state index in [0.717, 1.165) is 12.1 Å². The number of carbonyl (C=O) groups excluding carboxylic acids is 1. The number of aliphatic hydroxyl groups is 1. The Morgan fingerprint density at radius 2 is 1.97 bits per heavy atom. The molecule has 174 valence electrons. The number of piperazine rings is 1. The smallest absolute Gasteiger partial charge is 0.418 e. The van der Waals surface area contributed by atoms with Gasteiger partial charge in [-0.3, -0.25) is 15.0 Å². The third-order valence-electron chi connectivity index (χ3n) is 4.64.